The Balaban J connectivity index is 0. The van der Waals surface area contributed by atoms with Crippen LogP contribution < -0.4 is 163 Å². The third-order valence-electron chi connectivity index (χ3n) is 0. The monoisotopic (exact) mass is 336 g/mol. The van der Waals surface area contributed by atoms with Gasteiger partial charge in [-0.15, -0.1) is 0 Å². The van der Waals surface area contributed by atoms with Crippen LogP contribution in [0.2, 0.25) is 0 Å². The summed E-state index contributed by atoms with van der Waals surface area (Å²) >= 11 is 0. The van der Waals surface area contributed by atoms with Crippen molar-refractivity contribution >= 4 is 0 Å². The summed E-state index contributed by atoms with van der Waals surface area (Å²) in [5.41, 5.74) is 0. The standard InChI is InChI=1S/2ClH.2Cs/h2*1H;;/q;;2*+1/p-2. The first kappa shape index (κ1) is 23.4. The zero-order chi connectivity index (χ0) is 0. The van der Waals surface area contributed by atoms with E-state index < -0.39 is 0 Å². The predicted molar refractivity (Wildman–Crippen MR) is 0 cm³/mol. The molecule has 0 aromatic carbocycles. The molecule has 0 atom stereocenters. The topological polar surface area (TPSA) is 0 Å². The van der Waals surface area contributed by atoms with Crippen LogP contribution in [0.25, 0.3) is 0 Å². The molecule has 0 unspecified atom stereocenters. The summed E-state index contributed by atoms with van der Waals surface area (Å²) in [6.45, 7) is 0. The van der Waals surface area contributed by atoms with Crippen LogP contribution in [-0.4, -0.2) is 0 Å². The van der Waals surface area contributed by atoms with E-state index in [1.165, 1.54) is 0 Å². The Morgan fingerprint density at radius 2 is 0.500 bits per heavy atom. The second-order valence-corrected chi connectivity index (χ2v) is 0. The Bertz CT molecular complexity index is 4.00. The second kappa shape index (κ2) is 15.6. The molecular weight excluding hydrogens is 337 g/mol. The molecule has 0 bridgehead atoms. The Morgan fingerprint density at radius 3 is 0.500 bits per heavy atom. The van der Waals surface area contributed by atoms with Crippen LogP contribution in [0.5, 0.6) is 0 Å². The normalized spacial score (nSPS) is 0. The van der Waals surface area contributed by atoms with Crippen LogP contribution in [0.1, 0.15) is 0 Å². The molecule has 0 saturated carbocycles. The van der Waals surface area contributed by atoms with Crippen LogP contribution in [-0.2, 0) is 0 Å². The van der Waals surface area contributed by atoms with Gasteiger partial charge in [0.1, 0.15) is 0 Å². The fourth-order valence-corrected chi connectivity index (χ4v) is 0. The van der Waals surface area contributed by atoms with E-state index >= 15 is 0 Å². The van der Waals surface area contributed by atoms with Gasteiger partial charge in [-0.3, -0.25) is 0 Å². The van der Waals surface area contributed by atoms with Gasteiger partial charge in [0.05, 0.1) is 0 Å². The molecule has 0 fully saturated rings. The molecule has 0 aliphatic rings. The quantitative estimate of drug-likeness (QED) is 0.412. The Hall–Kier alpha value is 4.68. The molecule has 0 aromatic heterocycles. The van der Waals surface area contributed by atoms with Crippen molar-refractivity contribution in [2.45, 2.75) is 0 Å². The summed E-state index contributed by atoms with van der Waals surface area (Å²) in [5, 5.41) is 0. The van der Waals surface area contributed by atoms with Crippen LogP contribution in [0.15, 0.2) is 0 Å². The van der Waals surface area contributed by atoms with Crippen molar-refractivity contribution in [2.24, 2.45) is 0 Å². The summed E-state index contributed by atoms with van der Waals surface area (Å²) in [7, 11) is 0. The molecule has 0 heterocycles. The van der Waals surface area contributed by atoms with Gasteiger partial charge in [0.2, 0.25) is 0 Å². The van der Waals surface area contributed by atoms with E-state index in [0.29, 0.717) is 0 Å². The van der Waals surface area contributed by atoms with Crippen molar-refractivity contribution < 1.29 is 163 Å². The average Bonchev–Trinajstić information content (AvgIpc) is 0. The minimum Gasteiger partial charge on any atom is -1.00 e. The van der Waals surface area contributed by atoms with Crippen molar-refractivity contribution in [3.05, 3.63) is 0 Å². The van der Waals surface area contributed by atoms with Gasteiger partial charge in [-0.1, -0.05) is 0 Å². The van der Waals surface area contributed by atoms with E-state index in [-0.39, 0.29) is 163 Å². The smallest absolute Gasteiger partial charge is 1.00 e. The van der Waals surface area contributed by atoms with Gasteiger partial charge in [-0.25, -0.2) is 0 Å². The summed E-state index contributed by atoms with van der Waals surface area (Å²) in [6, 6.07) is 0. The predicted octanol–water partition coefficient (Wildman–Crippen LogP) is -12.0. The van der Waals surface area contributed by atoms with Crippen LogP contribution in [0, 0.1) is 0 Å². The average molecular weight is 337 g/mol. The maximum atomic E-state index is 0. The van der Waals surface area contributed by atoms with Gasteiger partial charge in [0, 0.05) is 0 Å². The van der Waals surface area contributed by atoms with E-state index in [0.717, 1.165) is 0 Å². The third-order valence-corrected chi connectivity index (χ3v) is 0. The first-order valence-corrected chi connectivity index (χ1v) is 0. The van der Waals surface area contributed by atoms with Crippen molar-refractivity contribution in [1.82, 2.24) is 0 Å². The maximum Gasteiger partial charge on any atom is 1.00 e. The molecular formula is Cl2Cs2. The molecule has 0 aliphatic heterocycles. The number of hydrogen-bond donors (Lipinski definition) is 0. The van der Waals surface area contributed by atoms with Crippen LogP contribution in [0.4, 0.5) is 0 Å². The SMILES string of the molecule is [Cl-].[Cl-].[Cs+].[Cs+]. The molecule has 0 amide bonds. The molecule has 4 heavy (non-hydrogen) atoms. The molecule has 0 N–H and O–H groups in total. The van der Waals surface area contributed by atoms with Gasteiger partial charge >= 0.3 is 138 Å². The van der Waals surface area contributed by atoms with Crippen LogP contribution in [0.3, 0.4) is 0 Å². The molecule has 0 saturated heterocycles. The van der Waals surface area contributed by atoms with Crippen LogP contribution >= 0.6 is 0 Å². The zero-order valence-electron chi connectivity index (χ0n) is 2.76. The molecule has 0 spiro atoms. The largest absolute Gasteiger partial charge is 1.00 e. The molecule has 16 valence electrons. The van der Waals surface area contributed by atoms with Crippen molar-refractivity contribution in [1.29, 1.82) is 0 Å². The Kier molecular flexibility index (Phi) is 91.4. The molecule has 0 aliphatic carbocycles. The fraction of sp³-hybridized carbons (Fsp3) is 0. The Labute approximate surface area is 156 Å². The second-order valence-electron chi connectivity index (χ2n) is 0. The first-order valence-electron chi connectivity index (χ1n) is 0. The van der Waals surface area contributed by atoms with Crippen molar-refractivity contribution in [3.63, 3.8) is 0 Å². The summed E-state index contributed by atoms with van der Waals surface area (Å²) in [6.07, 6.45) is 0. The molecule has 0 nitrogen and oxygen atoms in total. The van der Waals surface area contributed by atoms with E-state index in [4.69, 9.17) is 0 Å². The Morgan fingerprint density at radius 1 is 0.500 bits per heavy atom. The summed E-state index contributed by atoms with van der Waals surface area (Å²) in [4.78, 5) is 0. The fourth-order valence-electron chi connectivity index (χ4n) is 0. The maximum absolute atomic E-state index is 0. The van der Waals surface area contributed by atoms with E-state index in [1.54, 1.807) is 0 Å². The van der Waals surface area contributed by atoms with Gasteiger partial charge in [-0.05, 0) is 0 Å². The number of hydrogen-bond acceptors (Lipinski definition) is 0. The van der Waals surface area contributed by atoms with Gasteiger partial charge < -0.3 is 24.8 Å². The molecule has 0 aromatic rings. The molecule has 0 rings (SSSR count). The van der Waals surface area contributed by atoms with E-state index in [2.05, 4.69) is 0 Å². The van der Waals surface area contributed by atoms with E-state index in [1.807, 2.05) is 0 Å². The van der Waals surface area contributed by atoms with Crippen molar-refractivity contribution in [2.75, 3.05) is 0 Å². The number of rotatable bonds is 0. The summed E-state index contributed by atoms with van der Waals surface area (Å²) < 4.78 is 0. The zero-order valence-corrected chi connectivity index (χ0v) is 16.8. The number of halogens is 2. The minimum atomic E-state index is 0. The van der Waals surface area contributed by atoms with Gasteiger partial charge in [0.15, 0.2) is 0 Å². The minimum absolute atomic E-state index is 0. The molecule has 4 heteroatoms. The third kappa shape index (κ3) is 9.84. The van der Waals surface area contributed by atoms with E-state index in [9.17, 15) is 0 Å². The molecule has 0 radical (unpaired) electrons. The van der Waals surface area contributed by atoms with Gasteiger partial charge in [0.25, 0.3) is 0 Å². The van der Waals surface area contributed by atoms with Crippen molar-refractivity contribution in [3.8, 4) is 0 Å². The van der Waals surface area contributed by atoms with Gasteiger partial charge in [-0.2, -0.15) is 0 Å². The summed E-state index contributed by atoms with van der Waals surface area (Å²) in [5.74, 6) is 0. The first-order chi connectivity index (χ1) is 0.